The fraction of sp³-hybridized carbons (Fsp3) is 0.400. The molecular formula is C10H14FN3O8. The molecule has 1 aromatic rings. The number of halogens is 1. The average molecular weight is 323 g/mol. The van der Waals surface area contributed by atoms with Crippen LogP contribution in [0.25, 0.3) is 0 Å². The minimum atomic E-state index is -2.02. The molecular weight excluding hydrogens is 309 g/mol. The van der Waals surface area contributed by atoms with Crippen LogP contribution < -0.4 is 17.0 Å². The highest BCUT2D eigenvalue weighted by atomic mass is 19.1. The first kappa shape index (κ1) is 19.6. The van der Waals surface area contributed by atoms with Crippen molar-refractivity contribution in [1.29, 1.82) is 0 Å². The van der Waals surface area contributed by atoms with Gasteiger partial charge in [0.25, 0.3) is 5.56 Å². The molecule has 0 saturated carbocycles. The van der Waals surface area contributed by atoms with Crippen LogP contribution in [0.4, 0.5) is 4.39 Å². The fourth-order valence-corrected chi connectivity index (χ4v) is 1.03. The number of hydrogen-bond donors (Lipinski definition) is 7. The van der Waals surface area contributed by atoms with Gasteiger partial charge in [-0.1, -0.05) is 0 Å². The van der Waals surface area contributed by atoms with Crippen molar-refractivity contribution in [2.24, 2.45) is 5.73 Å². The van der Waals surface area contributed by atoms with Gasteiger partial charge < -0.3 is 35.9 Å². The molecule has 1 amide bonds. The Kier molecular flexibility index (Phi) is 7.82. The summed E-state index contributed by atoms with van der Waals surface area (Å²) in [7, 11) is 0. The van der Waals surface area contributed by atoms with E-state index in [9.17, 15) is 23.6 Å². The first-order valence-corrected chi connectivity index (χ1v) is 5.56. The SMILES string of the molecule is NC(=O)[C@@H](O)[C@@H](O)[C@H](O)[C@@H](O)C=O.O=c1[nH]cc(F)c(=O)[nH]1. The van der Waals surface area contributed by atoms with Crippen LogP contribution in [-0.4, -0.2) is 67.0 Å². The monoisotopic (exact) mass is 323 g/mol. The molecule has 0 aromatic carbocycles. The van der Waals surface area contributed by atoms with Crippen molar-refractivity contribution >= 4 is 12.2 Å². The maximum absolute atomic E-state index is 12.0. The van der Waals surface area contributed by atoms with Gasteiger partial charge in [-0.2, -0.15) is 4.39 Å². The van der Waals surface area contributed by atoms with Gasteiger partial charge in [-0.15, -0.1) is 0 Å². The predicted molar refractivity (Wildman–Crippen MR) is 66.9 cm³/mol. The molecule has 0 fully saturated rings. The van der Waals surface area contributed by atoms with Crippen molar-refractivity contribution in [1.82, 2.24) is 9.97 Å². The molecule has 22 heavy (non-hydrogen) atoms. The maximum Gasteiger partial charge on any atom is 0.325 e. The largest absolute Gasteiger partial charge is 0.387 e. The van der Waals surface area contributed by atoms with Gasteiger partial charge in [-0.3, -0.25) is 14.6 Å². The molecule has 0 aliphatic heterocycles. The van der Waals surface area contributed by atoms with Gasteiger partial charge >= 0.3 is 5.69 Å². The van der Waals surface area contributed by atoms with Crippen LogP contribution in [0.2, 0.25) is 0 Å². The lowest BCUT2D eigenvalue weighted by atomic mass is 10.0. The van der Waals surface area contributed by atoms with E-state index in [0.717, 1.165) is 0 Å². The topological polar surface area (TPSA) is 207 Å². The molecule has 0 aliphatic rings. The second-order valence-corrected chi connectivity index (χ2v) is 3.87. The molecule has 1 heterocycles. The van der Waals surface area contributed by atoms with Gasteiger partial charge in [0, 0.05) is 6.20 Å². The summed E-state index contributed by atoms with van der Waals surface area (Å²) in [5.74, 6) is -2.25. The van der Waals surface area contributed by atoms with Gasteiger partial charge in [-0.05, 0) is 0 Å². The standard InChI is InChI=1S/C6H11NO6.C4H3FN2O2/c7-6(13)5(12)4(11)3(10)2(9)1-8;5-2-1-6-4(9)7-3(2)8/h1-5,9-12H,(H2,7,13);1H,(H2,6,7,8,9)/t2-,3+,4-,5-;/m0./s1. The second-order valence-electron chi connectivity index (χ2n) is 3.87. The van der Waals surface area contributed by atoms with Gasteiger partial charge in [0.15, 0.2) is 12.4 Å². The number of H-pyrrole nitrogens is 2. The molecule has 8 N–H and O–H groups in total. The molecule has 1 rings (SSSR count). The molecule has 0 bridgehead atoms. The summed E-state index contributed by atoms with van der Waals surface area (Å²) >= 11 is 0. The number of primary amides is 1. The zero-order valence-corrected chi connectivity index (χ0v) is 10.8. The van der Waals surface area contributed by atoms with Crippen LogP contribution in [0.3, 0.4) is 0 Å². The summed E-state index contributed by atoms with van der Waals surface area (Å²) in [6.45, 7) is 0. The average Bonchev–Trinajstić information content (AvgIpc) is 2.48. The maximum atomic E-state index is 12.0. The van der Waals surface area contributed by atoms with Gasteiger partial charge in [0.2, 0.25) is 11.7 Å². The number of hydrogen-bond acceptors (Lipinski definition) is 8. The number of aldehydes is 1. The third-order valence-electron chi connectivity index (χ3n) is 2.23. The summed E-state index contributed by atoms with van der Waals surface area (Å²) in [4.78, 5) is 44.2. The van der Waals surface area contributed by atoms with Crippen LogP contribution >= 0.6 is 0 Å². The van der Waals surface area contributed by atoms with Crippen molar-refractivity contribution in [3.8, 4) is 0 Å². The number of amides is 1. The fourth-order valence-electron chi connectivity index (χ4n) is 1.03. The minimum Gasteiger partial charge on any atom is -0.387 e. The van der Waals surface area contributed by atoms with E-state index in [2.05, 4.69) is 5.73 Å². The normalized spacial score (nSPS) is 15.7. The van der Waals surface area contributed by atoms with E-state index in [4.69, 9.17) is 20.4 Å². The molecule has 0 aliphatic carbocycles. The number of aliphatic hydroxyl groups is 4. The van der Waals surface area contributed by atoms with Crippen LogP contribution in [0, 0.1) is 5.82 Å². The summed E-state index contributed by atoms with van der Waals surface area (Å²) in [5.41, 5.74) is 2.88. The third-order valence-corrected chi connectivity index (χ3v) is 2.23. The van der Waals surface area contributed by atoms with E-state index in [1.54, 1.807) is 4.98 Å². The molecule has 11 nitrogen and oxygen atoms in total. The van der Waals surface area contributed by atoms with Gasteiger partial charge in [-0.25, -0.2) is 4.79 Å². The summed E-state index contributed by atoms with van der Waals surface area (Å²) in [5, 5.41) is 35.3. The van der Waals surface area contributed by atoms with E-state index in [1.165, 1.54) is 0 Å². The zero-order chi connectivity index (χ0) is 17.4. The Morgan fingerprint density at radius 1 is 1.23 bits per heavy atom. The zero-order valence-electron chi connectivity index (χ0n) is 10.8. The van der Waals surface area contributed by atoms with E-state index in [-0.39, 0.29) is 6.29 Å². The summed E-state index contributed by atoms with van der Waals surface area (Å²) in [6.07, 6.45) is -7.16. The molecule has 0 saturated heterocycles. The third kappa shape index (κ3) is 5.92. The Balaban J connectivity index is 0.000000425. The molecule has 0 radical (unpaired) electrons. The Morgan fingerprint density at radius 3 is 2.14 bits per heavy atom. The number of aromatic nitrogens is 2. The van der Waals surface area contributed by atoms with Crippen molar-refractivity contribution in [2.45, 2.75) is 24.4 Å². The second kappa shape index (κ2) is 8.78. The number of nitrogens with one attached hydrogen (secondary N) is 2. The lowest BCUT2D eigenvalue weighted by Crippen LogP contribution is -2.49. The first-order valence-electron chi connectivity index (χ1n) is 5.56. The predicted octanol–water partition coefficient (Wildman–Crippen LogP) is -4.68. The number of carbonyl (C=O) groups excluding carboxylic acids is 2. The Morgan fingerprint density at radius 2 is 1.77 bits per heavy atom. The quantitative estimate of drug-likeness (QED) is 0.261. The highest BCUT2D eigenvalue weighted by Crippen LogP contribution is 2.03. The van der Waals surface area contributed by atoms with Crippen molar-refractivity contribution in [2.75, 3.05) is 0 Å². The molecule has 1 aromatic heterocycles. The lowest BCUT2D eigenvalue weighted by molar-refractivity contribution is -0.147. The molecule has 0 spiro atoms. The van der Waals surface area contributed by atoms with Crippen molar-refractivity contribution in [3.63, 3.8) is 0 Å². The molecule has 12 heteroatoms. The number of aliphatic hydroxyl groups excluding tert-OH is 4. The number of nitrogens with two attached hydrogens (primary N) is 1. The van der Waals surface area contributed by atoms with Crippen molar-refractivity contribution < 1.29 is 34.4 Å². The highest BCUT2D eigenvalue weighted by Gasteiger charge is 2.32. The number of aromatic amines is 2. The molecule has 4 atom stereocenters. The summed E-state index contributed by atoms with van der Waals surface area (Å²) < 4.78 is 12.0. The summed E-state index contributed by atoms with van der Waals surface area (Å²) in [6, 6.07) is 0. The number of carbonyl (C=O) groups is 2. The van der Waals surface area contributed by atoms with E-state index in [1.807, 2.05) is 4.98 Å². The highest BCUT2D eigenvalue weighted by molar-refractivity contribution is 5.79. The lowest BCUT2D eigenvalue weighted by Gasteiger charge is -2.21. The van der Waals surface area contributed by atoms with Crippen LogP contribution in [0.15, 0.2) is 15.8 Å². The van der Waals surface area contributed by atoms with Gasteiger partial charge in [0.05, 0.1) is 0 Å². The van der Waals surface area contributed by atoms with Gasteiger partial charge in [0.1, 0.15) is 18.3 Å². The van der Waals surface area contributed by atoms with Crippen molar-refractivity contribution in [3.05, 3.63) is 32.9 Å². The Hall–Kier alpha value is -2.41. The van der Waals surface area contributed by atoms with Crippen LogP contribution in [0.5, 0.6) is 0 Å². The van der Waals surface area contributed by atoms with E-state index < -0.39 is 47.4 Å². The van der Waals surface area contributed by atoms with E-state index in [0.29, 0.717) is 6.20 Å². The molecule has 0 unspecified atom stereocenters. The first-order chi connectivity index (χ1) is 10.1. The van der Waals surface area contributed by atoms with E-state index >= 15 is 0 Å². The number of rotatable bonds is 5. The Labute approximate surface area is 120 Å². The smallest absolute Gasteiger partial charge is 0.325 e. The van der Waals surface area contributed by atoms with Crippen LogP contribution in [0.1, 0.15) is 0 Å². The molecule has 124 valence electrons. The minimum absolute atomic E-state index is 0.0401. The van der Waals surface area contributed by atoms with Crippen LogP contribution in [-0.2, 0) is 9.59 Å². The Bertz CT molecular complexity index is 615.